The van der Waals surface area contributed by atoms with Gasteiger partial charge in [0, 0.05) is 12.7 Å². The van der Waals surface area contributed by atoms with E-state index in [1.165, 1.54) is 5.56 Å². The molecule has 2 bridgehead atoms. The van der Waals surface area contributed by atoms with E-state index in [0.29, 0.717) is 12.3 Å². The topological polar surface area (TPSA) is 81.7 Å². The zero-order valence-electron chi connectivity index (χ0n) is 19.9. The van der Waals surface area contributed by atoms with Crippen molar-refractivity contribution in [3.05, 3.63) is 35.4 Å². The predicted octanol–water partition coefficient (Wildman–Crippen LogP) is 3.12. The summed E-state index contributed by atoms with van der Waals surface area (Å²) in [5.41, 5.74) is 1.65. The Morgan fingerprint density at radius 3 is 2.59 bits per heavy atom. The smallest absolute Gasteiger partial charge is 0.402 e. The third kappa shape index (κ3) is 4.03. The molecule has 1 aromatic carbocycles. The normalized spacial score (nSPS) is 31.5. The fourth-order valence-electron chi connectivity index (χ4n) is 6.20. The molecule has 3 saturated carbocycles. The van der Waals surface area contributed by atoms with Crippen LogP contribution in [0.1, 0.15) is 64.5 Å². The minimum absolute atomic E-state index is 0.0295. The van der Waals surface area contributed by atoms with Crippen molar-refractivity contribution in [2.75, 3.05) is 12.0 Å². The number of benzene rings is 1. The average molecular weight is 461 g/mol. The van der Waals surface area contributed by atoms with E-state index < -0.39 is 17.0 Å². The molecule has 5 rings (SSSR count). The van der Waals surface area contributed by atoms with Crippen LogP contribution in [0.4, 0.5) is 0 Å². The number of hydrogen-bond donors (Lipinski definition) is 1. The second-order valence-corrected chi connectivity index (χ2v) is 13.0. The molecule has 0 radical (unpaired) electrons. The first kappa shape index (κ1) is 23.8. The van der Waals surface area contributed by atoms with Gasteiger partial charge in [0.05, 0.1) is 22.9 Å². The summed E-state index contributed by atoms with van der Waals surface area (Å²) in [4.78, 5) is 12.7. The molecule has 4 aliphatic rings. The van der Waals surface area contributed by atoms with Crippen molar-refractivity contribution in [3.8, 4) is 0 Å². The standard InChI is InChI=1S/C24H36BNO5S/c1-6-17-8-7-9-18(14-17)15-20(26-21(27)11-13-32(5,28)29)25-30-23(4)12-10-19-16-24(23,31-25)22(19,2)3/h7-9,14,19-20H,6,10-13,15-16H2,1-5H3,(H,26,27)/t19?,20-,23?,24?/m0/s1. The number of aryl methyl sites for hydroxylation is 1. The van der Waals surface area contributed by atoms with Crippen LogP contribution in [-0.2, 0) is 36.8 Å². The lowest BCUT2D eigenvalue weighted by atomic mass is 9.41. The first-order valence-corrected chi connectivity index (χ1v) is 13.9. The van der Waals surface area contributed by atoms with E-state index in [1.807, 2.05) is 6.07 Å². The lowest BCUT2D eigenvalue weighted by Gasteiger charge is -2.69. The van der Waals surface area contributed by atoms with Gasteiger partial charge in [-0.05, 0) is 61.5 Å². The van der Waals surface area contributed by atoms with E-state index >= 15 is 0 Å². The number of nitrogens with one attached hydrogen (secondary N) is 1. The number of fused-ring (bicyclic) bond motifs is 1. The molecule has 1 N–H and O–H groups in total. The van der Waals surface area contributed by atoms with Crippen molar-refractivity contribution in [2.45, 2.75) is 83.4 Å². The summed E-state index contributed by atoms with van der Waals surface area (Å²) in [7, 11) is -3.78. The van der Waals surface area contributed by atoms with E-state index in [-0.39, 0.29) is 40.6 Å². The van der Waals surface area contributed by atoms with Crippen LogP contribution in [0.5, 0.6) is 0 Å². The van der Waals surface area contributed by atoms with Gasteiger partial charge in [-0.1, -0.05) is 45.0 Å². The Bertz CT molecular complexity index is 996. The molecule has 6 nitrogen and oxygen atoms in total. The molecule has 1 aliphatic heterocycles. The van der Waals surface area contributed by atoms with Crippen LogP contribution in [0.15, 0.2) is 24.3 Å². The Labute approximate surface area is 192 Å². The lowest BCUT2D eigenvalue weighted by Crippen LogP contribution is -2.73. The van der Waals surface area contributed by atoms with Gasteiger partial charge >= 0.3 is 7.12 Å². The van der Waals surface area contributed by atoms with Crippen LogP contribution < -0.4 is 5.32 Å². The molecule has 1 saturated heterocycles. The first-order chi connectivity index (χ1) is 14.9. The fraction of sp³-hybridized carbons (Fsp3) is 0.708. The van der Waals surface area contributed by atoms with Crippen LogP contribution in [-0.4, -0.2) is 50.6 Å². The molecule has 1 spiro atoms. The van der Waals surface area contributed by atoms with Gasteiger partial charge in [-0.25, -0.2) is 8.42 Å². The third-order valence-corrected chi connectivity index (χ3v) is 9.29. The Kier molecular flexibility index (Phi) is 6.04. The van der Waals surface area contributed by atoms with Crippen molar-refractivity contribution in [1.82, 2.24) is 5.32 Å². The Balaban J connectivity index is 1.57. The van der Waals surface area contributed by atoms with E-state index in [4.69, 9.17) is 9.31 Å². The molecule has 176 valence electrons. The van der Waals surface area contributed by atoms with Gasteiger partial charge in [0.2, 0.25) is 5.91 Å². The van der Waals surface area contributed by atoms with Gasteiger partial charge in [0.1, 0.15) is 9.84 Å². The maximum Gasteiger partial charge on any atom is 0.482 e. The molecule has 32 heavy (non-hydrogen) atoms. The van der Waals surface area contributed by atoms with Crippen LogP contribution >= 0.6 is 0 Å². The average Bonchev–Trinajstić information content (AvgIpc) is 3.07. The molecular weight excluding hydrogens is 425 g/mol. The highest BCUT2D eigenvalue weighted by Crippen LogP contribution is 2.70. The van der Waals surface area contributed by atoms with Gasteiger partial charge in [-0.2, -0.15) is 0 Å². The van der Waals surface area contributed by atoms with E-state index in [2.05, 4.69) is 51.2 Å². The SMILES string of the molecule is CCc1cccc(C[C@H](NC(=O)CCS(C)(=O)=O)B2OC3(C)CCC4CC3(O2)C4(C)C)c1. The Morgan fingerprint density at radius 1 is 1.25 bits per heavy atom. The highest BCUT2D eigenvalue weighted by Gasteiger charge is 2.76. The second kappa shape index (κ2) is 8.14. The molecule has 3 aliphatic carbocycles. The summed E-state index contributed by atoms with van der Waals surface area (Å²) in [6.07, 6.45) is 5.67. The molecule has 1 heterocycles. The highest BCUT2D eigenvalue weighted by atomic mass is 32.2. The maximum absolute atomic E-state index is 12.7. The van der Waals surface area contributed by atoms with Crippen molar-refractivity contribution >= 4 is 22.9 Å². The van der Waals surface area contributed by atoms with Crippen LogP contribution in [0.2, 0.25) is 0 Å². The van der Waals surface area contributed by atoms with Gasteiger partial charge < -0.3 is 14.6 Å². The minimum Gasteiger partial charge on any atom is -0.402 e. The number of hydrogen-bond acceptors (Lipinski definition) is 5. The maximum atomic E-state index is 12.7. The molecule has 0 aromatic heterocycles. The third-order valence-electron chi connectivity index (χ3n) is 8.34. The molecule has 4 atom stereocenters. The van der Waals surface area contributed by atoms with Crippen LogP contribution in [0.3, 0.4) is 0 Å². The van der Waals surface area contributed by atoms with E-state index in [1.54, 1.807) is 0 Å². The number of carbonyl (C=O) groups excluding carboxylic acids is 1. The Morgan fingerprint density at radius 2 is 1.97 bits per heavy atom. The number of carbonyl (C=O) groups is 1. The van der Waals surface area contributed by atoms with Gasteiger partial charge in [0.15, 0.2) is 0 Å². The van der Waals surface area contributed by atoms with Crippen molar-refractivity contribution in [1.29, 1.82) is 0 Å². The second-order valence-electron chi connectivity index (χ2n) is 10.8. The quantitative estimate of drug-likeness (QED) is 0.602. The van der Waals surface area contributed by atoms with E-state index in [0.717, 1.165) is 37.5 Å². The van der Waals surface area contributed by atoms with Crippen LogP contribution in [0.25, 0.3) is 0 Å². The minimum atomic E-state index is -3.21. The molecule has 3 unspecified atom stereocenters. The summed E-state index contributed by atoms with van der Waals surface area (Å²) < 4.78 is 36.4. The van der Waals surface area contributed by atoms with Crippen molar-refractivity contribution < 1.29 is 22.5 Å². The summed E-state index contributed by atoms with van der Waals surface area (Å²) in [6.45, 7) is 8.82. The fourth-order valence-corrected chi connectivity index (χ4v) is 6.76. The summed E-state index contributed by atoms with van der Waals surface area (Å²) in [5, 5.41) is 3.05. The van der Waals surface area contributed by atoms with Gasteiger partial charge in [-0.3, -0.25) is 4.79 Å². The summed E-state index contributed by atoms with van der Waals surface area (Å²) in [6, 6.07) is 8.34. The largest absolute Gasteiger partial charge is 0.482 e. The summed E-state index contributed by atoms with van der Waals surface area (Å²) in [5.74, 6) is -0.204. The zero-order valence-corrected chi connectivity index (χ0v) is 20.8. The first-order valence-electron chi connectivity index (χ1n) is 11.8. The molecule has 1 aromatic rings. The molecule has 4 fully saturated rings. The molecular formula is C24H36BNO5S. The number of sulfone groups is 1. The van der Waals surface area contributed by atoms with Crippen LogP contribution in [0, 0.1) is 11.3 Å². The monoisotopic (exact) mass is 461 g/mol. The highest BCUT2D eigenvalue weighted by molar-refractivity contribution is 7.90. The van der Waals surface area contributed by atoms with E-state index in [9.17, 15) is 13.2 Å². The van der Waals surface area contributed by atoms with Crippen molar-refractivity contribution in [2.24, 2.45) is 11.3 Å². The Hall–Kier alpha value is -1.38. The number of rotatable bonds is 8. The molecule has 8 heteroatoms. The summed E-state index contributed by atoms with van der Waals surface area (Å²) >= 11 is 0. The number of amides is 1. The van der Waals surface area contributed by atoms with Gasteiger partial charge in [0.25, 0.3) is 0 Å². The van der Waals surface area contributed by atoms with Crippen molar-refractivity contribution in [3.63, 3.8) is 0 Å². The lowest BCUT2D eigenvalue weighted by molar-refractivity contribution is -0.257. The zero-order chi connectivity index (χ0) is 23.4. The predicted molar refractivity (Wildman–Crippen MR) is 126 cm³/mol. The van der Waals surface area contributed by atoms with Gasteiger partial charge in [-0.15, -0.1) is 0 Å². The molecule has 1 amide bonds.